The molecule has 6 nitrogen and oxygen atoms in total. The zero-order valence-electron chi connectivity index (χ0n) is 13.9. The van der Waals surface area contributed by atoms with Crippen molar-refractivity contribution in [3.63, 3.8) is 0 Å². The minimum absolute atomic E-state index is 0.00384. The number of nitrogens with zero attached hydrogens (tertiary/aromatic N) is 1. The van der Waals surface area contributed by atoms with Crippen molar-refractivity contribution in [2.75, 3.05) is 30.9 Å². The van der Waals surface area contributed by atoms with Crippen LogP contribution in [-0.2, 0) is 4.79 Å². The van der Waals surface area contributed by atoms with Crippen LogP contribution < -0.4 is 20.1 Å². The molecule has 3 N–H and O–H groups in total. The van der Waals surface area contributed by atoms with Crippen LogP contribution >= 0.6 is 0 Å². The summed E-state index contributed by atoms with van der Waals surface area (Å²) in [7, 11) is 1.59. The van der Waals surface area contributed by atoms with Crippen molar-refractivity contribution in [2.45, 2.75) is 6.42 Å². The van der Waals surface area contributed by atoms with Gasteiger partial charge in [-0.15, -0.1) is 0 Å². The number of hydrogen-bond acceptors (Lipinski definition) is 5. The lowest BCUT2D eigenvalue weighted by atomic mass is 10.1. The zero-order valence-corrected chi connectivity index (χ0v) is 13.9. The lowest BCUT2D eigenvalue weighted by Crippen LogP contribution is -2.38. The highest BCUT2D eigenvalue weighted by molar-refractivity contribution is 6.10. The van der Waals surface area contributed by atoms with Crippen LogP contribution in [-0.4, -0.2) is 31.3 Å². The van der Waals surface area contributed by atoms with Gasteiger partial charge in [-0.2, -0.15) is 0 Å². The molecule has 0 aliphatic carbocycles. The van der Waals surface area contributed by atoms with E-state index in [0.717, 1.165) is 5.56 Å². The van der Waals surface area contributed by atoms with Crippen LogP contribution in [0.15, 0.2) is 48.2 Å². The first kappa shape index (κ1) is 16.9. The van der Waals surface area contributed by atoms with Crippen molar-refractivity contribution in [3.05, 3.63) is 53.8 Å². The predicted molar refractivity (Wildman–Crippen MR) is 96.5 cm³/mol. The first-order chi connectivity index (χ1) is 12.1. The number of nitrogen functional groups attached to an aromatic ring is 1. The van der Waals surface area contributed by atoms with E-state index in [1.807, 2.05) is 24.3 Å². The summed E-state index contributed by atoms with van der Waals surface area (Å²) in [5.41, 5.74) is 7.83. The number of anilines is 2. The Balaban J connectivity index is 2.00. The van der Waals surface area contributed by atoms with E-state index in [2.05, 4.69) is 0 Å². The number of hydrogen-bond donors (Lipinski definition) is 2. The van der Waals surface area contributed by atoms with Gasteiger partial charge in [0.1, 0.15) is 5.75 Å². The molecule has 2 aromatic carbocycles. The number of aliphatic hydroxyl groups is 1. The molecule has 1 amide bonds. The monoisotopic (exact) mass is 340 g/mol. The zero-order chi connectivity index (χ0) is 17.8. The Bertz CT molecular complexity index is 817. The van der Waals surface area contributed by atoms with Gasteiger partial charge in [0.25, 0.3) is 5.91 Å². The number of fused-ring (bicyclic) bond motifs is 1. The SMILES string of the molecule is COc1cccc(/C=C2/Oc3cc(N)ccc3N(CCCO)C2=O)c1. The lowest BCUT2D eigenvalue weighted by Gasteiger charge is -2.30. The molecule has 1 heterocycles. The third-order valence-electron chi connectivity index (χ3n) is 3.88. The van der Waals surface area contributed by atoms with E-state index < -0.39 is 0 Å². The van der Waals surface area contributed by atoms with Crippen LogP contribution in [0.3, 0.4) is 0 Å². The molecule has 1 aliphatic heterocycles. The van der Waals surface area contributed by atoms with Crippen LogP contribution in [0.1, 0.15) is 12.0 Å². The molecule has 0 unspecified atom stereocenters. The third-order valence-corrected chi connectivity index (χ3v) is 3.88. The Morgan fingerprint density at radius 1 is 1.28 bits per heavy atom. The minimum Gasteiger partial charge on any atom is -0.497 e. The summed E-state index contributed by atoms with van der Waals surface area (Å²) in [5, 5.41) is 9.12. The van der Waals surface area contributed by atoms with Gasteiger partial charge >= 0.3 is 0 Å². The van der Waals surface area contributed by atoms with Gasteiger partial charge in [0.05, 0.1) is 12.8 Å². The Hall–Kier alpha value is -2.99. The fourth-order valence-corrected chi connectivity index (χ4v) is 2.66. The molecule has 0 atom stereocenters. The smallest absolute Gasteiger partial charge is 0.294 e. The molecule has 0 saturated heterocycles. The molecule has 2 aromatic rings. The predicted octanol–water partition coefficient (Wildman–Crippen LogP) is 2.43. The molecule has 3 rings (SSSR count). The highest BCUT2D eigenvalue weighted by Gasteiger charge is 2.30. The number of methoxy groups -OCH3 is 1. The summed E-state index contributed by atoms with van der Waals surface area (Å²) < 4.78 is 11.0. The molecular formula is C19H20N2O4. The summed E-state index contributed by atoms with van der Waals surface area (Å²) in [5.74, 6) is 1.16. The van der Waals surface area contributed by atoms with E-state index in [-0.39, 0.29) is 18.3 Å². The largest absolute Gasteiger partial charge is 0.497 e. The normalized spacial score (nSPS) is 15.0. The average molecular weight is 340 g/mol. The highest BCUT2D eigenvalue weighted by Crippen LogP contribution is 2.37. The van der Waals surface area contributed by atoms with Crippen molar-refractivity contribution in [2.24, 2.45) is 0 Å². The van der Waals surface area contributed by atoms with Gasteiger partial charge < -0.3 is 25.2 Å². The second kappa shape index (κ2) is 7.27. The molecule has 130 valence electrons. The van der Waals surface area contributed by atoms with E-state index in [9.17, 15) is 4.79 Å². The molecule has 0 bridgehead atoms. The van der Waals surface area contributed by atoms with Crippen molar-refractivity contribution >= 4 is 23.4 Å². The van der Waals surface area contributed by atoms with Crippen LogP contribution in [0.25, 0.3) is 6.08 Å². The van der Waals surface area contributed by atoms with Gasteiger partial charge in [0, 0.05) is 24.9 Å². The number of carbonyl (C=O) groups is 1. The van der Waals surface area contributed by atoms with E-state index in [0.29, 0.717) is 35.8 Å². The summed E-state index contributed by atoms with van der Waals surface area (Å²) in [6, 6.07) is 12.5. The first-order valence-electron chi connectivity index (χ1n) is 7.98. The van der Waals surface area contributed by atoms with Crippen LogP contribution in [0, 0.1) is 0 Å². The summed E-state index contributed by atoms with van der Waals surface area (Å²) in [4.78, 5) is 14.4. The van der Waals surface area contributed by atoms with Gasteiger partial charge in [-0.25, -0.2) is 0 Å². The molecule has 0 aromatic heterocycles. The van der Waals surface area contributed by atoms with Crippen molar-refractivity contribution in [3.8, 4) is 11.5 Å². The second-order valence-electron chi connectivity index (χ2n) is 5.65. The molecule has 0 spiro atoms. The van der Waals surface area contributed by atoms with Crippen LogP contribution in [0.5, 0.6) is 11.5 Å². The number of benzene rings is 2. The van der Waals surface area contributed by atoms with Crippen LogP contribution in [0.2, 0.25) is 0 Å². The average Bonchev–Trinajstić information content (AvgIpc) is 2.62. The fourth-order valence-electron chi connectivity index (χ4n) is 2.66. The number of ether oxygens (including phenoxy) is 2. The maximum atomic E-state index is 12.8. The fraction of sp³-hybridized carbons (Fsp3) is 0.211. The number of aliphatic hydroxyl groups excluding tert-OH is 1. The second-order valence-corrected chi connectivity index (χ2v) is 5.65. The summed E-state index contributed by atoms with van der Waals surface area (Å²) in [6.45, 7) is 0.398. The highest BCUT2D eigenvalue weighted by atomic mass is 16.5. The van der Waals surface area contributed by atoms with Crippen molar-refractivity contribution < 1.29 is 19.4 Å². The van der Waals surface area contributed by atoms with Gasteiger partial charge in [-0.1, -0.05) is 12.1 Å². The van der Waals surface area contributed by atoms with Crippen molar-refractivity contribution in [1.29, 1.82) is 0 Å². The standard InChI is InChI=1S/C19H20N2O4/c1-24-15-5-2-4-13(10-15)11-18-19(23)21(8-3-9-22)16-7-6-14(20)12-17(16)25-18/h2,4-7,10-12,22H,3,8-9,20H2,1H3/b18-11+. The number of nitrogens with two attached hydrogens (primary N) is 1. The van der Waals surface area contributed by atoms with Gasteiger partial charge in [0.15, 0.2) is 11.5 Å². The lowest BCUT2D eigenvalue weighted by molar-refractivity contribution is -0.117. The third kappa shape index (κ3) is 3.59. The Kier molecular flexibility index (Phi) is 4.90. The van der Waals surface area contributed by atoms with E-state index in [1.165, 1.54) is 0 Å². The molecule has 0 saturated carbocycles. The molecular weight excluding hydrogens is 320 g/mol. The number of amides is 1. The Labute approximate surface area is 146 Å². The molecule has 0 radical (unpaired) electrons. The minimum atomic E-state index is -0.256. The first-order valence-corrected chi connectivity index (χ1v) is 7.98. The molecule has 0 fully saturated rings. The van der Waals surface area contributed by atoms with E-state index in [1.54, 1.807) is 36.3 Å². The Morgan fingerprint density at radius 3 is 2.88 bits per heavy atom. The van der Waals surface area contributed by atoms with Crippen molar-refractivity contribution in [1.82, 2.24) is 0 Å². The maximum Gasteiger partial charge on any atom is 0.294 e. The van der Waals surface area contributed by atoms with Gasteiger partial charge in [0.2, 0.25) is 0 Å². The Morgan fingerprint density at radius 2 is 2.12 bits per heavy atom. The molecule has 25 heavy (non-hydrogen) atoms. The molecule has 1 aliphatic rings. The summed E-state index contributed by atoms with van der Waals surface area (Å²) in [6.07, 6.45) is 2.14. The van der Waals surface area contributed by atoms with Crippen LogP contribution in [0.4, 0.5) is 11.4 Å². The summed E-state index contributed by atoms with van der Waals surface area (Å²) >= 11 is 0. The van der Waals surface area contributed by atoms with E-state index in [4.69, 9.17) is 20.3 Å². The number of carbonyl (C=O) groups excluding carboxylic acids is 1. The maximum absolute atomic E-state index is 12.8. The topological polar surface area (TPSA) is 85.0 Å². The van der Waals surface area contributed by atoms with Gasteiger partial charge in [-0.05, 0) is 42.3 Å². The van der Waals surface area contributed by atoms with E-state index >= 15 is 0 Å². The van der Waals surface area contributed by atoms with Gasteiger partial charge in [-0.3, -0.25) is 4.79 Å². The molecule has 6 heteroatoms. The quantitative estimate of drug-likeness (QED) is 0.645. The number of rotatable bonds is 5.